The molecule has 1 saturated carbocycles. The van der Waals surface area contributed by atoms with Gasteiger partial charge in [-0.25, -0.2) is 0 Å². The Labute approximate surface area is 97.4 Å². The van der Waals surface area contributed by atoms with Gasteiger partial charge < -0.3 is 10.3 Å². The lowest BCUT2D eigenvalue weighted by Gasteiger charge is -2.15. The summed E-state index contributed by atoms with van der Waals surface area (Å²) >= 11 is 3.42. The number of aromatic nitrogens is 1. The van der Waals surface area contributed by atoms with Crippen LogP contribution in [0.2, 0.25) is 0 Å². The molecule has 0 radical (unpaired) electrons. The van der Waals surface area contributed by atoms with Crippen molar-refractivity contribution in [3.05, 3.63) is 32.7 Å². The maximum absolute atomic E-state index is 12.0. The third kappa shape index (κ3) is 2.16. The van der Waals surface area contributed by atoms with Crippen LogP contribution >= 0.6 is 15.9 Å². The molecule has 0 spiro atoms. The molecule has 0 atom stereocenters. The predicted octanol–water partition coefficient (Wildman–Crippen LogP) is 2.18. The van der Waals surface area contributed by atoms with Crippen molar-refractivity contribution in [1.29, 1.82) is 0 Å². The van der Waals surface area contributed by atoms with E-state index in [1.54, 1.807) is 0 Å². The van der Waals surface area contributed by atoms with E-state index in [1.807, 2.05) is 16.8 Å². The molecule has 4 heteroatoms. The second-order valence-electron chi connectivity index (χ2n) is 4.04. The third-order valence-corrected chi connectivity index (χ3v) is 3.46. The SMILES string of the molecule is NCc1cc(Br)cn(C2CCCC2)c1=O. The highest BCUT2D eigenvalue weighted by Gasteiger charge is 2.18. The molecule has 2 N–H and O–H groups in total. The predicted molar refractivity (Wildman–Crippen MR) is 63.8 cm³/mol. The summed E-state index contributed by atoms with van der Waals surface area (Å²) < 4.78 is 2.79. The van der Waals surface area contributed by atoms with E-state index in [0.717, 1.165) is 17.3 Å². The van der Waals surface area contributed by atoms with Crippen LogP contribution in [0.3, 0.4) is 0 Å². The van der Waals surface area contributed by atoms with Gasteiger partial charge in [-0.2, -0.15) is 0 Å². The van der Waals surface area contributed by atoms with E-state index in [0.29, 0.717) is 18.2 Å². The molecule has 0 unspecified atom stereocenters. The van der Waals surface area contributed by atoms with Gasteiger partial charge in [0.05, 0.1) is 0 Å². The average molecular weight is 271 g/mol. The van der Waals surface area contributed by atoms with Gasteiger partial charge in [-0.3, -0.25) is 4.79 Å². The van der Waals surface area contributed by atoms with Gasteiger partial charge in [-0.1, -0.05) is 12.8 Å². The largest absolute Gasteiger partial charge is 0.326 e. The summed E-state index contributed by atoms with van der Waals surface area (Å²) in [6, 6.07) is 2.19. The minimum absolute atomic E-state index is 0.0765. The van der Waals surface area contributed by atoms with E-state index in [9.17, 15) is 4.79 Å². The van der Waals surface area contributed by atoms with Gasteiger partial charge in [0.25, 0.3) is 5.56 Å². The van der Waals surface area contributed by atoms with Crippen LogP contribution in [0.25, 0.3) is 0 Å². The van der Waals surface area contributed by atoms with Crippen molar-refractivity contribution < 1.29 is 0 Å². The van der Waals surface area contributed by atoms with Gasteiger partial charge in [0, 0.05) is 28.8 Å². The maximum Gasteiger partial charge on any atom is 0.255 e. The monoisotopic (exact) mass is 270 g/mol. The van der Waals surface area contributed by atoms with Crippen LogP contribution in [0.15, 0.2) is 21.5 Å². The molecule has 1 aliphatic carbocycles. The standard InChI is InChI=1S/C11H15BrN2O/c12-9-5-8(6-13)11(15)14(7-9)10-3-1-2-4-10/h5,7,10H,1-4,6,13H2. The number of halogens is 1. The summed E-state index contributed by atoms with van der Waals surface area (Å²) in [5, 5.41) is 0. The Morgan fingerprint density at radius 1 is 1.47 bits per heavy atom. The summed E-state index contributed by atoms with van der Waals surface area (Å²) in [7, 11) is 0. The first-order valence-electron chi connectivity index (χ1n) is 5.33. The topological polar surface area (TPSA) is 48.0 Å². The van der Waals surface area contributed by atoms with Crippen LogP contribution in [0.1, 0.15) is 37.3 Å². The minimum Gasteiger partial charge on any atom is -0.326 e. The fourth-order valence-electron chi connectivity index (χ4n) is 2.22. The zero-order valence-corrected chi connectivity index (χ0v) is 10.2. The molecule has 0 amide bonds. The zero-order chi connectivity index (χ0) is 10.8. The van der Waals surface area contributed by atoms with E-state index < -0.39 is 0 Å². The molecule has 1 aromatic rings. The summed E-state index contributed by atoms with van der Waals surface area (Å²) in [4.78, 5) is 12.0. The summed E-state index contributed by atoms with van der Waals surface area (Å²) in [5.41, 5.74) is 6.32. The van der Waals surface area contributed by atoms with Crippen molar-refractivity contribution in [2.45, 2.75) is 38.3 Å². The average Bonchev–Trinajstić information content (AvgIpc) is 2.74. The third-order valence-electron chi connectivity index (χ3n) is 3.02. The van der Waals surface area contributed by atoms with Crippen LogP contribution in [0, 0.1) is 0 Å². The molecule has 82 valence electrons. The lowest BCUT2D eigenvalue weighted by Crippen LogP contribution is -2.27. The fraction of sp³-hybridized carbons (Fsp3) is 0.545. The molecule has 1 aliphatic rings. The van der Waals surface area contributed by atoms with Gasteiger partial charge in [0.15, 0.2) is 0 Å². The van der Waals surface area contributed by atoms with Crippen LogP contribution in [-0.2, 0) is 6.54 Å². The van der Waals surface area contributed by atoms with Gasteiger partial charge in [-0.05, 0) is 34.8 Å². The highest BCUT2D eigenvalue weighted by Crippen LogP contribution is 2.28. The smallest absolute Gasteiger partial charge is 0.255 e. The van der Waals surface area contributed by atoms with Crippen molar-refractivity contribution in [2.24, 2.45) is 5.73 Å². The number of hydrogen-bond donors (Lipinski definition) is 1. The molecule has 1 fully saturated rings. The van der Waals surface area contributed by atoms with E-state index in [2.05, 4.69) is 15.9 Å². The van der Waals surface area contributed by atoms with Crippen molar-refractivity contribution in [3.63, 3.8) is 0 Å². The van der Waals surface area contributed by atoms with Crippen LogP contribution < -0.4 is 11.3 Å². The molecule has 2 rings (SSSR count). The Morgan fingerprint density at radius 3 is 2.73 bits per heavy atom. The molecule has 15 heavy (non-hydrogen) atoms. The second-order valence-corrected chi connectivity index (χ2v) is 4.95. The quantitative estimate of drug-likeness (QED) is 0.896. The van der Waals surface area contributed by atoms with E-state index in [1.165, 1.54) is 12.8 Å². The van der Waals surface area contributed by atoms with Crippen LogP contribution in [-0.4, -0.2) is 4.57 Å². The molecular formula is C11H15BrN2O. The van der Waals surface area contributed by atoms with Gasteiger partial charge >= 0.3 is 0 Å². The first-order chi connectivity index (χ1) is 7.22. The van der Waals surface area contributed by atoms with Crippen molar-refractivity contribution in [2.75, 3.05) is 0 Å². The Kier molecular flexibility index (Phi) is 3.26. The normalized spacial score (nSPS) is 17.2. The van der Waals surface area contributed by atoms with Crippen molar-refractivity contribution in [1.82, 2.24) is 4.57 Å². The lowest BCUT2D eigenvalue weighted by molar-refractivity contribution is 0.498. The zero-order valence-electron chi connectivity index (χ0n) is 8.58. The molecule has 1 aromatic heterocycles. The van der Waals surface area contributed by atoms with E-state index >= 15 is 0 Å². The lowest BCUT2D eigenvalue weighted by atomic mass is 10.2. The number of hydrogen-bond acceptors (Lipinski definition) is 2. The van der Waals surface area contributed by atoms with Crippen LogP contribution in [0.4, 0.5) is 0 Å². The molecule has 0 aromatic carbocycles. The van der Waals surface area contributed by atoms with Crippen molar-refractivity contribution in [3.8, 4) is 0 Å². The first kappa shape index (κ1) is 10.9. The van der Waals surface area contributed by atoms with E-state index in [-0.39, 0.29) is 5.56 Å². The van der Waals surface area contributed by atoms with Gasteiger partial charge in [0.2, 0.25) is 0 Å². The number of nitrogens with zero attached hydrogens (tertiary/aromatic N) is 1. The Bertz CT molecular complexity index is 408. The number of nitrogens with two attached hydrogens (primary N) is 1. The fourth-order valence-corrected chi connectivity index (χ4v) is 2.72. The van der Waals surface area contributed by atoms with Gasteiger partial charge in [0.1, 0.15) is 0 Å². The number of rotatable bonds is 2. The second kappa shape index (κ2) is 4.49. The molecular weight excluding hydrogens is 256 g/mol. The number of pyridine rings is 1. The molecule has 3 nitrogen and oxygen atoms in total. The maximum atomic E-state index is 12.0. The Balaban J connectivity index is 2.45. The van der Waals surface area contributed by atoms with Crippen LogP contribution in [0.5, 0.6) is 0 Å². The summed E-state index contributed by atoms with van der Waals surface area (Å²) in [6.45, 7) is 0.311. The molecule has 0 bridgehead atoms. The van der Waals surface area contributed by atoms with E-state index in [4.69, 9.17) is 5.73 Å². The Morgan fingerprint density at radius 2 is 2.13 bits per heavy atom. The first-order valence-corrected chi connectivity index (χ1v) is 6.12. The Hall–Kier alpha value is -0.610. The molecule has 0 aliphatic heterocycles. The highest BCUT2D eigenvalue weighted by molar-refractivity contribution is 9.10. The van der Waals surface area contributed by atoms with Crippen molar-refractivity contribution >= 4 is 15.9 Å². The summed E-state index contributed by atoms with van der Waals surface area (Å²) in [5.74, 6) is 0. The van der Waals surface area contributed by atoms with Gasteiger partial charge in [-0.15, -0.1) is 0 Å². The highest BCUT2D eigenvalue weighted by atomic mass is 79.9. The minimum atomic E-state index is 0.0765. The summed E-state index contributed by atoms with van der Waals surface area (Å²) in [6.07, 6.45) is 6.56. The molecule has 0 saturated heterocycles. The molecule has 1 heterocycles.